The number of aromatic nitrogens is 2. The molecule has 18 heavy (non-hydrogen) atoms. The van der Waals surface area contributed by atoms with E-state index in [-0.39, 0.29) is 0 Å². The van der Waals surface area contributed by atoms with Crippen LogP contribution in [-0.2, 0) is 6.42 Å². The van der Waals surface area contributed by atoms with Gasteiger partial charge in [-0.05, 0) is 37.0 Å². The molecule has 0 saturated carbocycles. The van der Waals surface area contributed by atoms with Crippen LogP contribution in [0.4, 0.5) is 0 Å². The molecule has 2 nitrogen and oxygen atoms in total. The molecule has 0 amide bonds. The van der Waals surface area contributed by atoms with Crippen molar-refractivity contribution in [3.8, 4) is 0 Å². The van der Waals surface area contributed by atoms with Gasteiger partial charge in [-0.15, -0.1) is 0 Å². The molecule has 1 atom stereocenters. The molecule has 0 radical (unpaired) electrons. The number of hydrogen-bond acceptors (Lipinski definition) is 2. The average molecular weight is 254 g/mol. The van der Waals surface area contributed by atoms with E-state index < -0.39 is 0 Å². The zero-order valence-corrected chi connectivity index (χ0v) is 11.1. The Labute approximate surface area is 110 Å². The molecule has 90 valence electrons. The van der Waals surface area contributed by atoms with Gasteiger partial charge in [0.25, 0.3) is 0 Å². The van der Waals surface area contributed by atoms with E-state index in [1.807, 2.05) is 0 Å². The molecule has 4 rings (SSSR count). The van der Waals surface area contributed by atoms with Crippen LogP contribution in [0.2, 0.25) is 0 Å². The summed E-state index contributed by atoms with van der Waals surface area (Å²) in [6, 6.07) is 8.55. The summed E-state index contributed by atoms with van der Waals surface area (Å²) in [5.41, 5.74) is 3.82. The Hall–Kier alpha value is -1.61. The van der Waals surface area contributed by atoms with Gasteiger partial charge in [0.2, 0.25) is 0 Å². The maximum Gasteiger partial charge on any atom is 0.195 e. The van der Waals surface area contributed by atoms with Gasteiger partial charge in [-0.2, -0.15) is 0 Å². The van der Waals surface area contributed by atoms with Gasteiger partial charge in [0, 0.05) is 0 Å². The standard InChI is InChI=1S/C15H14N2S/c1-10-5-4-7-12-11(9-10)16-15-17(12)13-6-2-3-8-14(13)18-15/h2-4,6-8,10H,5,9H2,1H3/t10-/m0/s1. The first-order chi connectivity index (χ1) is 8.83. The van der Waals surface area contributed by atoms with E-state index in [9.17, 15) is 0 Å². The van der Waals surface area contributed by atoms with Gasteiger partial charge in [0.1, 0.15) is 0 Å². The fourth-order valence-corrected chi connectivity index (χ4v) is 3.78. The predicted octanol–water partition coefficient (Wildman–Crippen LogP) is 4.14. The first kappa shape index (κ1) is 10.3. The van der Waals surface area contributed by atoms with Crippen LogP contribution in [0.25, 0.3) is 21.3 Å². The minimum absolute atomic E-state index is 0.693. The van der Waals surface area contributed by atoms with Gasteiger partial charge in [0.05, 0.1) is 21.6 Å². The molecule has 2 heterocycles. The molecule has 0 saturated heterocycles. The van der Waals surface area contributed by atoms with Crippen LogP contribution in [0.1, 0.15) is 24.7 Å². The molecule has 0 spiro atoms. The van der Waals surface area contributed by atoms with E-state index >= 15 is 0 Å². The SMILES string of the molecule is C[C@H]1CC=Cc2c(nc3sc4ccccc4n23)C1. The molecular formula is C15H14N2S. The number of imidazole rings is 1. The van der Waals surface area contributed by atoms with E-state index in [1.54, 1.807) is 11.3 Å². The second-order valence-corrected chi connectivity index (χ2v) is 6.09. The number of fused-ring (bicyclic) bond motifs is 5. The molecule has 0 unspecified atom stereocenters. The quantitative estimate of drug-likeness (QED) is 0.589. The van der Waals surface area contributed by atoms with Crippen LogP contribution in [0.15, 0.2) is 30.3 Å². The van der Waals surface area contributed by atoms with Gasteiger partial charge >= 0.3 is 0 Å². The average Bonchev–Trinajstić information content (AvgIpc) is 2.80. The molecule has 1 aliphatic carbocycles. The Morgan fingerprint density at radius 1 is 1.33 bits per heavy atom. The van der Waals surface area contributed by atoms with Gasteiger partial charge in [-0.25, -0.2) is 4.98 Å². The van der Waals surface area contributed by atoms with Crippen molar-refractivity contribution in [2.45, 2.75) is 19.8 Å². The van der Waals surface area contributed by atoms with E-state index in [0.717, 1.165) is 17.8 Å². The predicted molar refractivity (Wildman–Crippen MR) is 77.1 cm³/mol. The fraction of sp³-hybridized carbons (Fsp3) is 0.267. The van der Waals surface area contributed by atoms with Gasteiger partial charge in [0.15, 0.2) is 4.96 Å². The zero-order valence-electron chi connectivity index (χ0n) is 10.3. The maximum absolute atomic E-state index is 4.83. The number of allylic oxidation sites excluding steroid dienone is 1. The van der Waals surface area contributed by atoms with Crippen LogP contribution < -0.4 is 0 Å². The summed E-state index contributed by atoms with van der Waals surface area (Å²) in [5.74, 6) is 0.693. The summed E-state index contributed by atoms with van der Waals surface area (Å²) in [6.07, 6.45) is 6.78. The Bertz CT molecular complexity index is 763. The van der Waals surface area contributed by atoms with Crippen molar-refractivity contribution >= 4 is 32.6 Å². The largest absolute Gasteiger partial charge is 0.283 e. The molecule has 1 aromatic carbocycles. The second-order valence-electron chi connectivity index (χ2n) is 5.08. The lowest BCUT2D eigenvalue weighted by molar-refractivity contribution is 0.587. The Morgan fingerprint density at radius 2 is 2.22 bits per heavy atom. The zero-order chi connectivity index (χ0) is 12.1. The monoisotopic (exact) mass is 254 g/mol. The van der Waals surface area contributed by atoms with E-state index in [4.69, 9.17) is 4.98 Å². The molecule has 3 heteroatoms. The summed E-state index contributed by atoms with van der Waals surface area (Å²) in [6.45, 7) is 2.30. The van der Waals surface area contributed by atoms with E-state index in [2.05, 4.69) is 47.7 Å². The highest BCUT2D eigenvalue weighted by atomic mass is 32.1. The molecule has 3 aromatic rings. The minimum Gasteiger partial charge on any atom is -0.283 e. The molecule has 0 N–H and O–H groups in total. The van der Waals surface area contributed by atoms with Crippen LogP contribution >= 0.6 is 11.3 Å². The molecule has 2 aromatic heterocycles. The topological polar surface area (TPSA) is 17.3 Å². The Kier molecular flexibility index (Phi) is 2.12. The number of benzene rings is 1. The first-order valence-electron chi connectivity index (χ1n) is 6.38. The van der Waals surface area contributed by atoms with Crippen molar-refractivity contribution in [3.05, 3.63) is 41.7 Å². The van der Waals surface area contributed by atoms with Crippen molar-refractivity contribution in [1.82, 2.24) is 9.38 Å². The van der Waals surface area contributed by atoms with Crippen LogP contribution in [0.5, 0.6) is 0 Å². The number of nitrogens with zero attached hydrogens (tertiary/aromatic N) is 2. The summed E-state index contributed by atoms with van der Waals surface area (Å²) >= 11 is 1.78. The third-order valence-electron chi connectivity index (χ3n) is 3.62. The van der Waals surface area contributed by atoms with Gasteiger partial charge in [-0.1, -0.05) is 36.5 Å². The summed E-state index contributed by atoms with van der Waals surface area (Å²) in [5, 5.41) is 0. The lowest BCUT2D eigenvalue weighted by Crippen LogP contribution is -1.98. The Balaban J connectivity index is 2.10. The van der Waals surface area contributed by atoms with Crippen molar-refractivity contribution in [3.63, 3.8) is 0 Å². The maximum atomic E-state index is 4.83. The lowest BCUT2D eigenvalue weighted by atomic mass is 10.0. The Morgan fingerprint density at radius 3 is 3.17 bits per heavy atom. The molecule has 1 aliphatic rings. The third-order valence-corrected chi connectivity index (χ3v) is 4.64. The molecule has 0 aliphatic heterocycles. The highest BCUT2D eigenvalue weighted by molar-refractivity contribution is 7.23. The highest BCUT2D eigenvalue weighted by Crippen LogP contribution is 2.31. The second kappa shape index (κ2) is 3.69. The molecular weight excluding hydrogens is 240 g/mol. The van der Waals surface area contributed by atoms with E-state index in [0.29, 0.717) is 5.92 Å². The summed E-state index contributed by atoms with van der Waals surface area (Å²) < 4.78 is 3.62. The molecule has 0 fully saturated rings. The summed E-state index contributed by atoms with van der Waals surface area (Å²) in [4.78, 5) is 5.96. The number of hydrogen-bond donors (Lipinski definition) is 0. The van der Waals surface area contributed by atoms with Crippen molar-refractivity contribution < 1.29 is 0 Å². The third kappa shape index (κ3) is 1.37. The number of thiazole rings is 1. The van der Waals surface area contributed by atoms with Gasteiger partial charge < -0.3 is 0 Å². The van der Waals surface area contributed by atoms with E-state index in [1.165, 1.54) is 21.6 Å². The molecule has 0 bridgehead atoms. The smallest absolute Gasteiger partial charge is 0.195 e. The minimum atomic E-state index is 0.693. The van der Waals surface area contributed by atoms with Crippen molar-refractivity contribution in [2.24, 2.45) is 5.92 Å². The van der Waals surface area contributed by atoms with Crippen molar-refractivity contribution in [2.75, 3.05) is 0 Å². The van der Waals surface area contributed by atoms with Crippen LogP contribution in [-0.4, -0.2) is 9.38 Å². The first-order valence-corrected chi connectivity index (χ1v) is 7.20. The number of rotatable bonds is 0. The number of para-hydroxylation sites is 1. The normalized spacial score (nSPS) is 19.3. The summed E-state index contributed by atoms with van der Waals surface area (Å²) in [7, 11) is 0. The highest BCUT2D eigenvalue weighted by Gasteiger charge is 2.18. The van der Waals surface area contributed by atoms with Crippen molar-refractivity contribution in [1.29, 1.82) is 0 Å². The lowest BCUT2D eigenvalue weighted by Gasteiger charge is -2.03. The fourth-order valence-electron chi connectivity index (χ4n) is 2.73. The van der Waals surface area contributed by atoms with Gasteiger partial charge in [-0.3, -0.25) is 4.40 Å². The van der Waals surface area contributed by atoms with Crippen LogP contribution in [0.3, 0.4) is 0 Å². The van der Waals surface area contributed by atoms with Crippen LogP contribution in [0, 0.1) is 5.92 Å².